The van der Waals surface area contributed by atoms with Crippen molar-refractivity contribution in [2.75, 3.05) is 13.2 Å². The van der Waals surface area contributed by atoms with Gasteiger partial charge >= 0.3 is 17.9 Å². The van der Waals surface area contributed by atoms with Crippen molar-refractivity contribution >= 4 is 17.9 Å². The van der Waals surface area contributed by atoms with Gasteiger partial charge in [0.25, 0.3) is 0 Å². The molecule has 0 heterocycles. The van der Waals surface area contributed by atoms with E-state index in [1.807, 2.05) is 0 Å². The molecule has 0 bridgehead atoms. The first-order chi connectivity index (χ1) is 35.0. The lowest BCUT2D eigenvalue weighted by atomic mass is 10.1. The number of unbranched alkanes of at least 4 members (excludes halogenated alkanes) is 29. The summed E-state index contributed by atoms with van der Waals surface area (Å²) in [5, 5.41) is 0. The molecule has 0 fully saturated rings. The fourth-order valence-electron chi connectivity index (χ4n) is 8.35. The Balaban J connectivity index is 4.46. The number of esters is 3. The first kappa shape index (κ1) is 67.6. The maximum absolute atomic E-state index is 12.9. The normalized spacial score (nSPS) is 12.7. The van der Waals surface area contributed by atoms with Crippen LogP contribution in [0.4, 0.5) is 0 Å². The number of hydrogen-bond donors (Lipinski definition) is 0. The summed E-state index contributed by atoms with van der Waals surface area (Å²) in [7, 11) is 0. The van der Waals surface area contributed by atoms with Crippen LogP contribution >= 0.6 is 0 Å². The van der Waals surface area contributed by atoms with E-state index in [9.17, 15) is 14.4 Å². The fourth-order valence-corrected chi connectivity index (χ4v) is 8.35. The molecule has 71 heavy (non-hydrogen) atoms. The lowest BCUT2D eigenvalue weighted by Gasteiger charge is -2.18. The Morgan fingerprint density at radius 3 is 0.915 bits per heavy atom. The molecule has 1 atom stereocenters. The minimum Gasteiger partial charge on any atom is -0.462 e. The van der Waals surface area contributed by atoms with Gasteiger partial charge in [0.1, 0.15) is 13.2 Å². The summed E-state index contributed by atoms with van der Waals surface area (Å²) in [5.74, 6) is -0.961. The second kappa shape index (κ2) is 59.2. The summed E-state index contributed by atoms with van der Waals surface area (Å²) >= 11 is 0. The molecule has 0 N–H and O–H groups in total. The standard InChI is InChI=1S/C65H112O6/c1-4-7-10-13-16-19-22-25-28-31-32-35-37-40-43-46-49-52-55-58-64(67)70-61-62(71-65(68)59-56-53-50-47-44-41-38-34-30-27-24-21-18-15-12-9-6-3)60-69-63(66)57-54-51-48-45-42-39-36-33-29-26-23-20-17-14-11-8-5-2/h9,12,18,21,26-27,29-32,38,41,47,50,62H,4-8,10-11,13-17,19-20,22-25,28,33-37,39-40,42-46,48-49,51-61H2,1-3H3/b12-9-,21-18-,29-26-,30-27-,32-31-,41-38-,50-47-. The highest BCUT2D eigenvalue weighted by Gasteiger charge is 2.19. The molecule has 0 saturated carbocycles. The van der Waals surface area contributed by atoms with E-state index >= 15 is 0 Å². The van der Waals surface area contributed by atoms with E-state index in [2.05, 4.69) is 106 Å². The average molecular weight is 990 g/mol. The van der Waals surface area contributed by atoms with Gasteiger partial charge < -0.3 is 14.2 Å². The van der Waals surface area contributed by atoms with E-state index in [-0.39, 0.29) is 37.5 Å². The van der Waals surface area contributed by atoms with Crippen molar-refractivity contribution in [3.05, 3.63) is 85.1 Å². The predicted molar refractivity (Wildman–Crippen MR) is 307 cm³/mol. The molecule has 0 aromatic carbocycles. The van der Waals surface area contributed by atoms with Gasteiger partial charge in [-0.15, -0.1) is 0 Å². The largest absolute Gasteiger partial charge is 0.462 e. The van der Waals surface area contributed by atoms with E-state index in [1.165, 1.54) is 167 Å². The van der Waals surface area contributed by atoms with Crippen molar-refractivity contribution in [3.8, 4) is 0 Å². The van der Waals surface area contributed by atoms with Crippen LogP contribution in [-0.4, -0.2) is 37.2 Å². The van der Waals surface area contributed by atoms with Crippen molar-refractivity contribution in [2.45, 2.75) is 297 Å². The second-order valence-electron chi connectivity index (χ2n) is 19.9. The van der Waals surface area contributed by atoms with E-state index in [0.29, 0.717) is 19.3 Å². The third-order valence-electron chi connectivity index (χ3n) is 12.9. The SMILES string of the molecule is CC/C=C\C/C=C\C/C=C\C/C=C\C/C=C\CCCC(=O)OC(COC(=O)CCCCCCCCC/C=C\CCCCCCCC)COC(=O)CCCCCCCCC/C=C\CCCCCCCCCC. The van der Waals surface area contributed by atoms with E-state index in [4.69, 9.17) is 14.2 Å². The lowest BCUT2D eigenvalue weighted by molar-refractivity contribution is -0.167. The van der Waals surface area contributed by atoms with Crippen LogP contribution in [0.15, 0.2) is 85.1 Å². The molecule has 0 radical (unpaired) electrons. The van der Waals surface area contributed by atoms with Crippen molar-refractivity contribution < 1.29 is 28.6 Å². The van der Waals surface area contributed by atoms with Crippen LogP contribution in [0.2, 0.25) is 0 Å². The Morgan fingerprint density at radius 1 is 0.296 bits per heavy atom. The molecule has 0 aliphatic carbocycles. The average Bonchev–Trinajstić information content (AvgIpc) is 3.37. The minimum atomic E-state index is -0.811. The molecule has 0 aromatic rings. The Bertz CT molecular complexity index is 1370. The molecule has 6 heteroatoms. The van der Waals surface area contributed by atoms with Gasteiger partial charge in [-0.1, -0.05) is 247 Å². The zero-order valence-corrected chi connectivity index (χ0v) is 46.7. The number of carbonyl (C=O) groups excluding carboxylic acids is 3. The Hall–Kier alpha value is -3.41. The molecule has 6 nitrogen and oxygen atoms in total. The van der Waals surface area contributed by atoms with Crippen molar-refractivity contribution in [1.82, 2.24) is 0 Å². The summed E-state index contributed by atoms with van der Waals surface area (Å²) in [6.45, 7) is 6.49. The van der Waals surface area contributed by atoms with Crippen LogP contribution in [0.3, 0.4) is 0 Å². The minimum absolute atomic E-state index is 0.102. The smallest absolute Gasteiger partial charge is 0.306 e. The number of rotatable bonds is 54. The molecule has 0 aliphatic rings. The number of ether oxygens (including phenoxy) is 3. The highest BCUT2D eigenvalue weighted by atomic mass is 16.6. The summed E-state index contributed by atoms with van der Waals surface area (Å²) in [5.41, 5.74) is 0. The molecule has 0 spiro atoms. The number of carbonyl (C=O) groups is 3. The molecular weight excluding hydrogens is 877 g/mol. The molecular formula is C65H112O6. The van der Waals surface area contributed by atoms with Gasteiger partial charge in [0.15, 0.2) is 6.10 Å². The van der Waals surface area contributed by atoms with Crippen molar-refractivity contribution in [1.29, 1.82) is 0 Å². The van der Waals surface area contributed by atoms with Gasteiger partial charge in [-0.2, -0.15) is 0 Å². The fraction of sp³-hybridized carbons (Fsp3) is 0.738. The molecule has 0 amide bonds. The maximum atomic E-state index is 12.9. The zero-order valence-electron chi connectivity index (χ0n) is 46.7. The van der Waals surface area contributed by atoms with Gasteiger partial charge in [0.2, 0.25) is 0 Å². The Labute approximate surface area is 439 Å². The molecule has 0 rings (SSSR count). The maximum Gasteiger partial charge on any atom is 0.306 e. The van der Waals surface area contributed by atoms with Gasteiger partial charge in [-0.3, -0.25) is 14.4 Å². The van der Waals surface area contributed by atoms with Crippen LogP contribution in [0.1, 0.15) is 290 Å². The molecule has 1 unspecified atom stereocenters. The van der Waals surface area contributed by atoms with Crippen molar-refractivity contribution in [3.63, 3.8) is 0 Å². The second-order valence-corrected chi connectivity index (χ2v) is 19.9. The van der Waals surface area contributed by atoms with E-state index in [1.54, 1.807) is 0 Å². The van der Waals surface area contributed by atoms with Crippen LogP contribution in [-0.2, 0) is 28.6 Å². The Kier molecular flexibility index (Phi) is 56.3. The zero-order chi connectivity index (χ0) is 51.4. The van der Waals surface area contributed by atoms with Gasteiger partial charge in [0.05, 0.1) is 0 Å². The topological polar surface area (TPSA) is 78.9 Å². The Morgan fingerprint density at radius 2 is 0.563 bits per heavy atom. The van der Waals surface area contributed by atoms with Gasteiger partial charge in [-0.05, 0) is 109 Å². The molecule has 0 saturated heterocycles. The van der Waals surface area contributed by atoms with E-state index in [0.717, 1.165) is 77.0 Å². The third-order valence-corrected chi connectivity index (χ3v) is 12.9. The van der Waals surface area contributed by atoms with Crippen LogP contribution in [0.25, 0.3) is 0 Å². The molecule has 0 aliphatic heterocycles. The summed E-state index contributed by atoms with van der Waals surface area (Å²) in [6.07, 6.45) is 77.3. The number of hydrogen-bond acceptors (Lipinski definition) is 6. The number of allylic oxidation sites excluding steroid dienone is 14. The summed E-state index contributed by atoms with van der Waals surface area (Å²) < 4.78 is 16.8. The first-order valence-electron chi connectivity index (χ1n) is 30.1. The van der Waals surface area contributed by atoms with Gasteiger partial charge in [0, 0.05) is 19.3 Å². The predicted octanol–water partition coefficient (Wildman–Crippen LogP) is 20.3. The van der Waals surface area contributed by atoms with Gasteiger partial charge in [-0.25, -0.2) is 0 Å². The van der Waals surface area contributed by atoms with Crippen LogP contribution < -0.4 is 0 Å². The summed E-state index contributed by atoms with van der Waals surface area (Å²) in [4.78, 5) is 38.2. The van der Waals surface area contributed by atoms with E-state index < -0.39 is 6.10 Å². The monoisotopic (exact) mass is 989 g/mol. The first-order valence-corrected chi connectivity index (χ1v) is 30.1. The van der Waals surface area contributed by atoms with Crippen LogP contribution in [0.5, 0.6) is 0 Å². The lowest BCUT2D eigenvalue weighted by Crippen LogP contribution is -2.30. The highest BCUT2D eigenvalue weighted by Crippen LogP contribution is 2.15. The quantitative estimate of drug-likeness (QED) is 0.0261. The third kappa shape index (κ3) is 57.4. The van der Waals surface area contributed by atoms with Crippen LogP contribution in [0, 0.1) is 0 Å². The van der Waals surface area contributed by atoms with Crippen molar-refractivity contribution in [2.24, 2.45) is 0 Å². The molecule has 408 valence electrons. The molecule has 0 aromatic heterocycles. The highest BCUT2D eigenvalue weighted by molar-refractivity contribution is 5.71. The summed E-state index contributed by atoms with van der Waals surface area (Å²) in [6, 6.07) is 0.